The number of esters is 1. The Labute approximate surface area is 149 Å². The lowest BCUT2D eigenvalue weighted by Gasteiger charge is -2.22. The van der Waals surface area contributed by atoms with Crippen molar-refractivity contribution in [2.24, 2.45) is 5.92 Å². The van der Waals surface area contributed by atoms with E-state index >= 15 is 0 Å². The minimum atomic E-state index is -0.763. The van der Waals surface area contributed by atoms with Crippen LogP contribution in [-0.2, 0) is 20.9 Å². The number of fused-ring (bicyclic) bond motifs is 1. The zero-order chi connectivity index (χ0) is 18.6. The Bertz CT molecular complexity index is 849. The van der Waals surface area contributed by atoms with Crippen molar-refractivity contribution >= 4 is 34.4 Å². The van der Waals surface area contributed by atoms with Crippen LogP contribution in [0.3, 0.4) is 0 Å². The van der Waals surface area contributed by atoms with Crippen molar-refractivity contribution in [3.63, 3.8) is 0 Å². The van der Waals surface area contributed by atoms with Crippen LogP contribution in [0, 0.1) is 5.92 Å². The molecule has 2 atom stereocenters. The Morgan fingerprint density at radius 3 is 2.76 bits per heavy atom. The molecular weight excluding hydrogens is 346 g/mol. The molecule has 134 valence electrons. The minimum absolute atomic E-state index is 0.0957. The van der Waals surface area contributed by atoms with E-state index in [1.807, 2.05) is 13.8 Å². The molecule has 25 heavy (non-hydrogen) atoms. The number of benzene rings is 1. The number of methoxy groups -OCH3 is 1. The van der Waals surface area contributed by atoms with Crippen LogP contribution in [-0.4, -0.2) is 34.6 Å². The highest BCUT2D eigenvalue weighted by molar-refractivity contribution is 6.31. The van der Waals surface area contributed by atoms with Gasteiger partial charge in [0.15, 0.2) is 0 Å². The Kier molecular flexibility index (Phi) is 6.14. The fourth-order valence-electron chi connectivity index (χ4n) is 2.41. The van der Waals surface area contributed by atoms with Crippen LogP contribution < -0.4 is 10.9 Å². The van der Waals surface area contributed by atoms with Crippen molar-refractivity contribution in [2.45, 2.75) is 32.9 Å². The lowest BCUT2D eigenvalue weighted by atomic mass is 9.99. The van der Waals surface area contributed by atoms with Crippen molar-refractivity contribution in [1.82, 2.24) is 14.9 Å². The summed E-state index contributed by atoms with van der Waals surface area (Å²) < 4.78 is 5.91. The maximum atomic E-state index is 12.5. The van der Waals surface area contributed by atoms with Crippen molar-refractivity contribution in [3.05, 3.63) is 39.9 Å². The summed E-state index contributed by atoms with van der Waals surface area (Å²) in [5.74, 6) is -1.08. The molecule has 1 aromatic heterocycles. The van der Waals surface area contributed by atoms with Gasteiger partial charge in [-0.25, -0.2) is 9.78 Å². The average Bonchev–Trinajstić information content (AvgIpc) is 2.61. The highest BCUT2D eigenvalue weighted by Crippen LogP contribution is 2.14. The molecule has 0 fully saturated rings. The maximum Gasteiger partial charge on any atom is 0.328 e. The van der Waals surface area contributed by atoms with E-state index in [0.29, 0.717) is 22.3 Å². The molecule has 7 nitrogen and oxygen atoms in total. The molecule has 0 unspecified atom stereocenters. The lowest BCUT2D eigenvalue weighted by molar-refractivity contribution is -0.146. The SMILES string of the molecule is CC[C@@H](C)[C@H](NC(=O)Cn1cnc2ccc(Cl)cc2c1=O)C(=O)OC. The highest BCUT2D eigenvalue weighted by Gasteiger charge is 2.26. The molecule has 0 aliphatic carbocycles. The normalized spacial score (nSPS) is 13.3. The molecule has 0 bridgehead atoms. The van der Waals surface area contributed by atoms with Crippen molar-refractivity contribution in [1.29, 1.82) is 0 Å². The summed E-state index contributed by atoms with van der Waals surface area (Å²) in [6.45, 7) is 3.50. The first-order chi connectivity index (χ1) is 11.9. The van der Waals surface area contributed by atoms with Crippen molar-refractivity contribution in [2.75, 3.05) is 7.11 Å². The monoisotopic (exact) mass is 365 g/mol. The standard InChI is InChI=1S/C17H20ClN3O4/c1-4-10(2)15(17(24)25-3)20-14(22)8-21-9-19-13-6-5-11(18)7-12(13)16(21)23/h5-7,9-10,15H,4,8H2,1-3H3,(H,20,22)/t10-,15+/m1/s1. The largest absolute Gasteiger partial charge is 0.467 e. The number of aromatic nitrogens is 2. The highest BCUT2D eigenvalue weighted by atomic mass is 35.5. The van der Waals surface area contributed by atoms with E-state index in [0.717, 1.165) is 0 Å². The molecule has 1 aromatic carbocycles. The average molecular weight is 366 g/mol. The van der Waals surface area contributed by atoms with Crippen LogP contribution in [0.1, 0.15) is 20.3 Å². The van der Waals surface area contributed by atoms with Gasteiger partial charge < -0.3 is 10.1 Å². The molecule has 0 aliphatic heterocycles. The van der Waals surface area contributed by atoms with Gasteiger partial charge in [-0.15, -0.1) is 0 Å². The van der Waals surface area contributed by atoms with Crippen LogP contribution in [0.15, 0.2) is 29.3 Å². The zero-order valence-corrected chi connectivity index (χ0v) is 15.0. The lowest BCUT2D eigenvalue weighted by Crippen LogP contribution is -2.47. The molecule has 8 heteroatoms. The summed E-state index contributed by atoms with van der Waals surface area (Å²) in [6, 6.07) is 4.03. The summed E-state index contributed by atoms with van der Waals surface area (Å²) in [7, 11) is 1.27. The number of ether oxygens (including phenoxy) is 1. The predicted octanol–water partition coefficient (Wildman–Crippen LogP) is 1.75. The van der Waals surface area contributed by atoms with E-state index in [1.54, 1.807) is 12.1 Å². The summed E-state index contributed by atoms with van der Waals surface area (Å²) >= 11 is 5.91. The van der Waals surface area contributed by atoms with Gasteiger partial charge in [0.2, 0.25) is 5.91 Å². The number of carbonyl (C=O) groups is 2. The Morgan fingerprint density at radius 1 is 1.40 bits per heavy atom. The number of nitrogens with one attached hydrogen (secondary N) is 1. The van der Waals surface area contributed by atoms with E-state index in [1.165, 1.54) is 24.1 Å². The number of hydrogen-bond acceptors (Lipinski definition) is 5. The van der Waals surface area contributed by atoms with E-state index in [-0.39, 0.29) is 18.0 Å². The fraction of sp³-hybridized carbons (Fsp3) is 0.412. The minimum Gasteiger partial charge on any atom is -0.467 e. The summed E-state index contributed by atoms with van der Waals surface area (Å²) in [5.41, 5.74) is 0.124. The molecular formula is C17H20ClN3O4. The van der Waals surface area contributed by atoms with E-state index < -0.39 is 17.9 Å². The van der Waals surface area contributed by atoms with Crippen LogP contribution >= 0.6 is 11.6 Å². The van der Waals surface area contributed by atoms with Gasteiger partial charge in [-0.1, -0.05) is 31.9 Å². The van der Waals surface area contributed by atoms with Gasteiger partial charge in [-0.05, 0) is 24.1 Å². The predicted molar refractivity (Wildman–Crippen MR) is 94.4 cm³/mol. The molecule has 0 radical (unpaired) electrons. The Morgan fingerprint density at radius 2 is 2.12 bits per heavy atom. The maximum absolute atomic E-state index is 12.5. The third-order valence-corrected chi connectivity index (χ3v) is 4.32. The van der Waals surface area contributed by atoms with Gasteiger partial charge in [0.05, 0.1) is 24.3 Å². The first-order valence-corrected chi connectivity index (χ1v) is 8.27. The third kappa shape index (κ3) is 4.36. The molecule has 1 N–H and O–H groups in total. The molecule has 0 spiro atoms. The first-order valence-electron chi connectivity index (χ1n) is 7.89. The quantitative estimate of drug-likeness (QED) is 0.788. The molecule has 0 saturated carbocycles. The molecule has 2 aromatic rings. The van der Waals surface area contributed by atoms with Crippen LogP contribution in [0.25, 0.3) is 10.9 Å². The van der Waals surface area contributed by atoms with Crippen LogP contribution in [0.4, 0.5) is 0 Å². The van der Waals surface area contributed by atoms with Gasteiger partial charge in [0, 0.05) is 5.02 Å². The third-order valence-electron chi connectivity index (χ3n) is 4.08. The number of hydrogen-bond donors (Lipinski definition) is 1. The van der Waals surface area contributed by atoms with Gasteiger partial charge in [0.25, 0.3) is 5.56 Å². The second kappa shape index (κ2) is 8.11. The number of nitrogens with zero attached hydrogens (tertiary/aromatic N) is 2. The van der Waals surface area contributed by atoms with E-state index in [2.05, 4.69) is 10.3 Å². The van der Waals surface area contributed by atoms with Crippen molar-refractivity contribution < 1.29 is 14.3 Å². The smallest absolute Gasteiger partial charge is 0.328 e. The van der Waals surface area contributed by atoms with Crippen molar-refractivity contribution in [3.8, 4) is 0 Å². The summed E-state index contributed by atoms with van der Waals surface area (Å²) in [4.78, 5) is 40.8. The van der Waals surface area contributed by atoms with Gasteiger partial charge in [0.1, 0.15) is 12.6 Å². The zero-order valence-electron chi connectivity index (χ0n) is 14.3. The van der Waals surface area contributed by atoms with Gasteiger partial charge in [-0.3, -0.25) is 14.2 Å². The van der Waals surface area contributed by atoms with E-state index in [9.17, 15) is 14.4 Å². The Balaban J connectivity index is 2.22. The van der Waals surface area contributed by atoms with Gasteiger partial charge in [-0.2, -0.15) is 0 Å². The second-order valence-electron chi connectivity index (χ2n) is 5.79. The van der Waals surface area contributed by atoms with Gasteiger partial charge >= 0.3 is 5.97 Å². The van der Waals surface area contributed by atoms with Crippen LogP contribution in [0.5, 0.6) is 0 Å². The first kappa shape index (κ1) is 18.9. The second-order valence-corrected chi connectivity index (χ2v) is 6.23. The van der Waals surface area contributed by atoms with Crippen LogP contribution in [0.2, 0.25) is 5.02 Å². The molecule has 0 saturated heterocycles. The number of amides is 1. The topological polar surface area (TPSA) is 90.3 Å². The number of rotatable bonds is 6. The van der Waals surface area contributed by atoms with E-state index in [4.69, 9.17) is 16.3 Å². The molecule has 2 rings (SSSR count). The molecule has 1 heterocycles. The summed E-state index contributed by atoms with van der Waals surface area (Å²) in [5, 5.41) is 3.37. The fourth-order valence-corrected chi connectivity index (χ4v) is 2.59. The Hall–Kier alpha value is -2.41. The summed E-state index contributed by atoms with van der Waals surface area (Å²) in [6.07, 6.45) is 1.99. The number of carbonyl (C=O) groups excluding carboxylic acids is 2. The molecule has 0 aliphatic rings. The molecule has 1 amide bonds. The number of halogens is 1.